The first-order chi connectivity index (χ1) is 14.9. The van der Waals surface area contributed by atoms with Crippen LogP contribution in [0.3, 0.4) is 0 Å². The third-order valence-electron chi connectivity index (χ3n) is 4.69. The van der Waals surface area contributed by atoms with Crippen molar-refractivity contribution in [3.63, 3.8) is 0 Å². The molecule has 1 atom stereocenters. The number of benzene rings is 1. The van der Waals surface area contributed by atoms with Gasteiger partial charge in [-0.05, 0) is 31.5 Å². The van der Waals surface area contributed by atoms with E-state index in [0.29, 0.717) is 11.0 Å². The molecule has 168 valence electrons. The molecule has 0 N–H and O–H groups in total. The van der Waals surface area contributed by atoms with E-state index in [4.69, 9.17) is 21.1 Å². The number of carbonyl (C=O) groups excluding carboxylic acids is 1. The molecule has 0 bridgehead atoms. The summed E-state index contributed by atoms with van der Waals surface area (Å²) in [6.07, 6.45) is 4.42. The number of rotatable bonds is 6. The van der Waals surface area contributed by atoms with Gasteiger partial charge in [-0.25, -0.2) is 18.9 Å². The first kappa shape index (κ1) is 23.5. The Balaban J connectivity index is 0.00000289. The van der Waals surface area contributed by atoms with Crippen LogP contribution in [-0.2, 0) is 4.74 Å². The number of halogens is 2. The number of methoxy groups -OCH3 is 1. The highest BCUT2D eigenvalue weighted by atomic mass is 35.5. The van der Waals surface area contributed by atoms with Crippen LogP contribution >= 0.6 is 25.1 Å². The molecule has 0 saturated heterocycles. The molecule has 0 spiro atoms. The Bertz CT molecular complexity index is 1280. The molecule has 9 nitrogen and oxygen atoms in total. The molecule has 32 heavy (non-hydrogen) atoms. The van der Waals surface area contributed by atoms with Gasteiger partial charge in [-0.15, -0.1) is 0 Å². The fraction of sp³-hybridized carbons (Fsp3) is 0.250. The van der Waals surface area contributed by atoms with E-state index in [1.54, 1.807) is 29.9 Å². The Morgan fingerprint density at radius 1 is 1.25 bits per heavy atom. The summed E-state index contributed by atoms with van der Waals surface area (Å²) in [7, 11) is 1.48. The third-order valence-corrected chi connectivity index (χ3v) is 4.98. The van der Waals surface area contributed by atoms with Crippen molar-refractivity contribution < 1.29 is 18.7 Å². The van der Waals surface area contributed by atoms with Crippen molar-refractivity contribution >= 4 is 42.1 Å². The maximum Gasteiger partial charge on any atom is 0.341 e. The standard InChI is InChI=1S/C20H18ClFN6O3.H2S/c1-4-31-19(29)13-8-23-27(10-13)20-25-16-9-24-28(17(16)18(26-20)30-3)11(2)12-5-6-15(22)14(21)7-12;/h5-11H,4H2,1-3H3;1H2/t11-;/m0./s1. The Hall–Kier alpha value is -3.18. The van der Waals surface area contributed by atoms with Crippen molar-refractivity contribution in [3.8, 4) is 11.8 Å². The molecule has 0 radical (unpaired) electrons. The second-order valence-electron chi connectivity index (χ2n) is 6.60. The average molecular weight is 479 g/mol. The van der Waals surface area contributed by atoms with E-state index in [1.807, 2.05) is 6.92 Å². The van der Waals surface area contributed by atoms with E-state index in [1.165, 1.54) is 30.3 Å². The zero-order chi connectivity index (χ0) is 22.1. The molecule has 0 amide bonds. The zero-order valence-corrected chi connectivity index (χ0v) is 19.2. The van der Waals surface area contributed by atoms with Gasteiger partial charge < -0.3 is 9.47 Å². The van der Waals surface area contributed by atoms with Gasteiger partial charge in [0.2, 0.25) is 5.88 Å². The third kappa shape index (κ3) is 4.26. The Morgan fingerprint density at radius 3 is 2.72 bits per heavy atom. The van der Waals surface area contributed by atoms with Gasteiger partial charge in [0.1, 0.15) is 16.9 Å². The molecule has 4 rings (SSSR count). The van der Waals surface area contributed by atoms with Crippen molar-refractivity contribution in [1.29, 1.82) is 0 Å². The van der Waals surface area contributed by atoms with Crippen molar-refractivity contribution in [2.24, 2.45) is 0 Å². The number of aromatic nitrogens is 6. The quantitative estimate of drug-likeness (QED) is 0.389. The summed E-state index contributed by atoms with van der Waals surface area (Å²) in [5.74, 6) is -0.501. The van der Waals surface area contributed by atoms with Crippen molar-refractivity contribution in [2.45, 2.75) is 19.9 Å². The van der Waals surface area contributed by atoms with Gasteiger partial charge >= 0.3 is 5.97 Å². The molecule has 0 saturated carbocycles. The first-order valence-corrected chi connectivity index (χ1v) is 9.77. The highest BCUT2D eigenvalue weighted by Crippen LogP contribution is 2.30. The van der Waals surface area contributed by atoms with Crippen LogP contribution < -0.4 is 4.74 Å². The van der Waals surface area contributed by atoms with Crippen LogP contribution in [0.1, 0.15) is 35.8 Å². The molecule has 3 aromatic heterocycles. The Labute approximate surface area is 194 Å². The van der Waals surface area contributed by atoms with E-state index in [-0.39, 0.29) is 48.6 Å². The number of ether oxygens (including phenoxy) is 2. The van der Waals surface area contributed by atoms with Gasteiger partial charge in [0.15, 0.2) is 0 Å². The second-order valence-corrected chi connectivity index (χ2v) is 7.01. The summed E-state index contributed by atoms with van der Waals surface area (Å²) in [5.41, 5.74) is 2.10. The lowest BCUT2D eigenvalue weighted by Crippen LogP contribution is -2.11. The van der Waals surface area contributed by atoms with Gasteiger partial charge in [-0.2, -0.15) is 28.7 Å². The molecule has 4 aromatic rings. The number of hydrogen-bond acceptors (Lipinski definition) is 7. The molecule has 0 unspecified atom stereocenters. The average Bonchev–Trinajstić information content (AvgIpc) is 3.42. The molecule has 0 aliphatic heterocycles. The molecular weight excluding hydrogens is 459 g/mol. The van der Waals surface area contributed by atoms with Gasteiger partial charge in [0, 0.05) is 6.20 Å². The maximum atomic E-state index is 13.5. The monoisotopic (exact) mass is 478 g/mol. The van der Waals surface area contributed by atoms with Crippen molar-refractivity contribution in [3.05, 3.63) is 58.8 Å². The predicted molar refractivity (Wildman–Crippen MR) is 121 cm³/mol. The van der Waals surface area contributed by atoms with Gasteiger partial charge in [-0.3, -0.25) is 4.68 Å². The molecular formula is C20H20ClFN6O3S. The van der Waals surface area contributed by atoms with Crippen LogP contribution in [0.25, 0.3) is 17.0 Å². The number of esters is 1. The lowest BCUT2D eigenvalue weighted by molar-refractivity contribution is 0.0526. The van der Waals surface area contributed by atoms with Crippen LogP contribution in [0.5, 0.6) is 5.88 Å². The summed E-state index contributed by atoms with van der Waals surface area (Å²) < 4.78 is 27.0. The molecule has 0 aliphatic carbocycles. The summed E-state index contributed by atoms with van der Waals surface area (Å²) in [6, 6.07) is 4.21. The zero-order valence-electron chi connectivity index (χ0n) is 17.4. The number of hydrogen-bond donors (Lipinski definition) is 0. The number of fused-ring (bicyclic) bond motifs is 1. The predicted octanol–water partition coefficient (Wildman–Crippen LogP) is 3.71. The van der Waals surface area contributed by atoms with Crippen molar-refractivity contribution in [2.75, 3.05) is 13.7 Å². The second kappa shape index (κ2) is 9.53. The van der Waals surface area contributed by atoms with E-state index in [0.717, 1.165) is 5.56 Å². The SMILES string of the molecule is CCOC(=O)c1cnn(-c2nc(OC)c3c(cnn3[C@@H](C)c3ccc(F)c(Cl)c3)n2)c1.S. The van der Waals surface area contributed by atoms with Crippen LogP contribution in [-0.4, -0.2) is 49.2 Å². The molecule has 12 heteroatoms. The fourth-order valence-corrected chi connectivity index (χ4v) is 3.31. The van der Waals surface area contributed by atoms with Crippen LogP contribution in [0.2, 0.25) is 5.02 Å². The first-order valence-electron chi connectivity index (χ1n) is 9.39. The molecule has 0 aliphatic rings. The highest BCUT2D eigenvalue weighted by molar-refractivity contribution is 7.59. The van der Waals surface area contributed by atoms with Gasteiger partial charge in [-0.1, -0.05) is 17.7 Å². The van der Waals surface area contributed by atoms with Crippen LogP contribution in [0.4, 0.5) is 4.39 Å². The van der Waals surface area contributed by atoms with Gasteiger partial charge in [0.05, 0.1) is 42.7 Å². The Kier molecular flexibility index (Phi) is 6.99. The van der Waals surface area contributed by atoms with E-state index >= 15 is 0 Å². The van der Waals surface area contributed by atoms with Gasteiger partial charge in [0.25, 0.3) is 5.95 Å². The number of nitrogens with zero attached hydrogens (tertiary/aromatic N) is 6. The minimum Gasteiger partial charge on any atom is -0.479 e. The van der Waals surface area contributed by atoms with Crippen molar-refractivity contribution in [1.82, 2.24) is 29.5 Å². The van der Waals surface area contributed by atoms with Crippen LogP contribution in [0, 0.1) is 5.82 Å². The minimum atomic E-state index is -0.491. The smallest absolute Gasteiger partial charge is 0.341 e. The summed E-state index contributed by atoms with van der Waals surface area (Å²) in [5, 5.41) is 8.59. The highest BCUT2D eigenvalue weighted by Gasteiger charge is 2.21. The molecule has 3 heterocycles. The van der Waals surface area contributed by atoms with E-state index in [9.17, 15) is 9.18 Å². The molecule has 1 aromatic carbocycles. The molecule has 0 fully saturated rings. The Morgan fingerprint density at radius 2 is 2.03 bits per heavy atom. The lowest BCUT2D eigenvalue weighted by Gasteiger charge is -2.15. The van der Waals surface area contributed by atoms with E-state index < -0.39 is 11.8 Å². The fourth-order valence-electron chi connectivity index (χ4n) is 3.12. The summed E-state index contributed by atoms with van der Waals surface area (Å²) in [4.78, 5) is 20.8. The topological polar surface area (TPSA) is 97.0 Å². The lowest BCUT2D eigenvalue weighted by atomic mass is 10.1. The summed E-state index contributed by atoms with van der Waals surface area (Å²) in [6.45, 7) is 3.88. The normalized spacial score (nSPS) is 11.8. The van der Waals surface area contributed by atoms with Crippen LogP contribution in [0.15, 0.2) is 36.8 Å². The minimum absolute atomic E-state index is 0. The largest absolute Gasteiger partial charge is 0.479 e. The maximum absolute atomic E-state index is 13.5. The number of carbonyl (C=O) groups is 1. The van der Waals surface area contributed by atoms with E-state index in [2.05, 4.69) is 20.2 Å². The summed E-state index contributed by atoms with van der Waals surface area (Å²) >= 11 is 5.93.